The second-order valence-corrected chi connectivity index (χ2v) is 7.17. The van der Waals surface area contributed by atoms with Crippen LogP contribution in [0.15, 0.2) is 17.5 Å². The summed E-state index contributed by atoms with van der Waals surface area (Å²) >= 11 is 1.73. The molecule has 3 rings (SSSR count). The van der Waals surface area contributed by atoms with E-state index in [4.69, 9.17) is 0 Å². The number of carbonyl (C=O) groups excluding carboxylic acids is 1. The van der Waals surface area contributed by atoms with Crippen molar-refractivity contribution in [3.8, 4) is 0 Å². The number of amides is 1. The normalized spacial score (nSPS) is 26.9. The average Bonchev–Trinajstić information content (AvgIpc) is 3.01. The number of carbonyl (C=O) groups is 1. The van der Waals surface area contributed by atoms with E-state index in [1.165, 1.54) is 37.0 Å². The largest absolute Gasteiger partial charge is 0.320 e. The Morgan fingerprint density at radius 2 is 2.21 bits per heavy atom. The molecular formula is C15H22N2OS. The van der Waals surface area contributed by atoms with Crippen LogP contribution in [0.4, 0.5) is 0 Å². The molecule has 1 atom stereocenters. The minimum Gasteiger partial charge on any atom is -0.320 e. The molecule has 19 heavy (non-hydrogen) atoms. The minimum atomic E-state index is 0.103. The molecule has 2 heterocycles. The highest BCUT2D eigenvalue weighted by Gasteiger charge is 2.38. The van der Waals surface area contributed by atoms with Crippen molar-refractivity contribution in [3.63, 3.8) is 0 Å². The summed E-state index contributed by atoms with van der Waals surface area (Å²) in [5.41, 5.74) is 0.315. The summed E-state index contributed by atoms with van der Waals surface area (Å²) in [6.45, 7) is 3.74. The monoisotopic (exact) mass is 278 g/mol. The van der Waals surface area contributed by atoms with Gasteiger partial charge in [-0.25, -0.2) is 0 Å². The van der Waals surface area contributed by atoms with E-state index in [1.54, 1.807) is 11.3 Å². The molecule has 1 aliphatic heterocycles. The van der Waals surface area contributed by atoms with Crippen LogP contribution in [0.5, 0.6) is 0 Å². The van der Waals surface area contributed by atoms with E-state index in [1.807, 2.05) is 0 Å². The molecule has 1 amide bonds. The lowest BCUT2D eigenvalue weighted by Gasteiger charge is -2.38. The van der Waals surface area contributed by atoms with E-state index in [2.05, 4.69) is 34.7 Å². The summed E-state index contributed by atoms with van der Waals surface area (Å²) in [6, 6.07) is 4.18. The van der Waals surface area contributed by atoms with Gasteiger partial charge in [-0.05, 0) is 29.7 Å². The third-order valence-corrected chi connectivity index (χ3v) is 5.43. The van der Waals surface area contributed by atoms with Crippen molar-refractivity contribution >= 4 is 17.2 Å². The Morgan fingerprint density at radius 3 is 2.89 bits per heavy atom. The molecule has 0 spiro atoms. The zero-order chi connectivity index (χ0) is 13.3. The molecular weight excluding hydrogens is 256 g/mol. The van der Waals surface area contributed by atoms with Gasteiger partial charge < -0.3 is 4.90 Å². The number of hydrogen-bond donors (Lipinski definition) is 1. The molecule has 1 unspecified atom stereocenters. The molecule has 1 saturated carbocycles. The summed E-state index contributed by atoms with van der Waals surface area (Å²) in [4.78, 5) is 15.5. The van der Waals surface area contributed by atoms with Gasteiger partial charge in [0.1, 0.15) is 6.17 Å². The van der Waals surface area contributed by atoms with Gasteiger partial charge in [-0.1, -0.05) is 32.3 Å². The van der Waals surface area contributed by atoms with Gasteiger partial charge in [0.15, 0.2) is 0 Å². The Bertz CT molecular complexity index is 437. The Balaban J connectivity index is 1.75. The van der Waals surface area contributed by atoms with Gasteiger partial charge >= 0.3 is 0 Å². The summed E-state index contributed by atoms with van der Waals surface area (Å²) < 4.78 is 0. The average molecular weight is 278 g/mol. The molecule has 0 radical (unpaired) electrons. The molecule has 1 aromatic heterocycles. The second-order valence-electron chi connectivity index (χ2n) is 6.19. The first-order valence-electron chi connectivity index (χ1n) is 7.24. The summed E-state index contributed by atoms with van der Waals surface area (Å²) in [6.07, 6.45) is 6.61. The van der Waals surface area contributed by atoms with E-state index in [9.17, 15) is 4.79 Å². The maximum Gasteiger partial charge on any atom is 0.238 e. The number of thiophene rings is 1. The molecule has 1 aromatic rings. The molecule has 1 saturated heterocycles. The van der Waals surface area contributed by atoms with Crippen LogP contribution in [0.1, 0.15) is 50.1 Å². The third kappa shape index (κ3) is 2.70. The lowest BCUT2D eigenvalue weighted by Crippen LogP contribution is -2.40. The van der Waals surface area contributed by atoms with Crippen molar-refractivity contribution in [3.05, 3.63) is 22.4 Å². The van der Waals surface area contributed by atoms with Crippen LogP contribution in [-0.2, 0) is 4.79 Å². The highest BCUT2D eigenvalue weighted by atomic mass is 32.1. The Labute approximate surface area is 119 Å². The Morgan fingerprint density at radius 1 is 1.42 bits per heavy atom. The SMILES string of the molecule is CC1(CN2C(=O)CNC2c2cccs2)CCCCC1. The van der Waals surface area contributed by atoms with E-state index >= 15 is 0 Å². The van der Waals surface area contributed by atoms with Crippen molar-refractivity contribution in [1.29, 1.82) is 0 Å². The molecule has 4 heteroatoms. The summed E-state index contributed by atoms with van der Waals surface area (Å²) in [5.74, 6) is 0.255. The van der Waals surface area contributed by atoms with Crippen LogP contribution in [0.25, 0.3) is 0 Å². The first-order chi connectivity index (χ1) is 9.18. The van der Waals surface area contributed by atoms with E-state index in [0.717, 1.165) is 6.54 Å². The first-order valence-corrected chi connectivity index (χ1v) is 8.12. The number of rotatable bonds is 3. The molecule has 0 aromatic carbocycles. The van der Waals surface area contributed by atoms with Gasteiger partial charge in [-0.3, -0.25) is 10.1 Å². The van der Waals surface area contributed by atoms with Crippen molar-refractivity contribution in [2.24, 2.45) is 5.41 Å². The van der Waals surface area contributed by atoms with E-state index in [-0.39, 0.29) is 12.1 Å². The highest BCUT2D eigenvalue weighted by Crippen LogP contribution is 2.39. The van der Waals surface area contributed by atoms with Gasteiger partial charge in [0.25, 0.3) is 0 Å². The molecule has 2 fully saturated rings. The van der Waals surface area contributed by atoms with Crippen molar-refractivity contribution in [2.45, 2.75) is 45.2 Å². The maximum absolute atomic E-state index is 12.2. The van der Waals surface area contributed by atoms with Crippen LogP contribution >= 0.6 is 11.3 Å². The predicted molar refractivity (Wildman–Crippen MR) is 78.0 cm³/mol. The highest BCUT2D eigenvalue weighted by molar-refractivity contribution is 7.10. The fourth-order valence-corrected chi connectivity index (χ4v) is 4.21. The first kappa shape index (κ1) is 13.1. The predicted octanol–water partition coefficient (Wildman–Crippen LogP) is 3.15. The van der Waals surface area contributed by atoms with Gasteiger partial charge in [-0.15, -0.1) is 11.3 Å². The number of hydrogen-bond acceptors (Lipinski definition) is 3. The maximum atomic E-state index is 12.2. The number of nitrogens with one attached hydrogen (secondary N) is 1. The molecule has 104 valence electrons. The van der Waals surface area contributed by atoms with Crippen molar-refractivity contribution in [2.75, 3.05) is 13.1 Å². The smallest absolute Gasteiger partial charge is 0.238 e. The summed E-state index contributed by atoms with van der Waals surface area (Å²) in [5, 5.41) is 5.44. The quantitative estimate of drug-likeness (QED) is 0.921. The van der Waals surface area contributed by atoms with E-state index in [0.29, 0.717) is 12.0 Å². The molecule has 3 nitrogen and oxygen atoms in total. The van der Waals surface area contributed by atoms with Crippen LogP contribution in [0.3, 0.4) is 0 Å². The van der Waals surface area contributed by atoms with Crippen molar-refractivity contribution in [1.82, 2.24) is 10.2 Å². The lowest BCUT2D eigenvalue weighted by molar-refractivity contribution is -0.129. The minimum absolute atomic E-state index is 0.103. The van der Waals surface area contributed by atoms with Gasteiger partial charge in [-0.2, -0.15) is 0 Å². The number of nitrogens with zero attached hydrogens (tertiary/aromatic N) is 1. The zero-order valence-electron chi connectivity index (χ0n) is 11.5. The van der Waals surface area contributed by atoms with Gasteiger partial charge in [0.2, 0.25) is 5.91 Å². The Hall–Kier alpha value is -0.870. The lowest BCUT2D eigenvalue weighted by atomic mass is 9.75. The Kier molecular flexibility index (Phi) is 3.63. The zero-order valence-corrected chi connectivity index (χ0v) is 12.3. The standard InChI is InChI=1S/C15H22N2OS/c1-15(7-3-2-4-8-15)11-17-13(18)10-16-14(17)12-6-5-9-19-12/h5-6,9,14,16H,2-4,7-8,10-11H2,1H3. The van der Waals surface area contributed by atoms with Crippen LogP contribution in [0, 0.1) is 5.41 Å². The molecule has 1 aliphatic carbocycles. The van der Waals surface area contributed by atoms with Crippen LogP contribution in [-0.4, -0.2) is 23.9 Å². The fourth-order valence-electron chi connectivity index (χ4n) is 3.39. The molecule has 1 N–H and O–H groups in total. The van der Waals surface area contributed by atoms with Gasteiger partial charge in [0.05, 0.1) is 6.54 Å². The van der Waals surface area contributed by atoms with Crippen LogP contribution in [0.2, 0.25) is 0 Å². The molecule has 2 aliphatic rings. The molecule has 0 bridgehead atoms. The second kappa shape index (κ2) is 5.25. The summed E-state index contributed by atoms with van der Waals surface area (Å²) in [7, 11) is 0. The van der Waals surface area contributed by atoms with Crippen molar-refractivity contribution < 1.29 is 4.79 Å². The third-order valence-electron chi connectivity index (χ3n) is 4.50. The van der Waals surface area contributed by atoms with Crippen LogP contribution < -0.4 is 5.32 Å². The van der Waals surface area contributed by atoms with Gasteiger partial charge in [0, 0.05) is 11.4 Å². The topological polar surface area (TPSA) is 32.3 Å². The fraction of sp³-hybridized carbons (Fsp3) is 0.667. The van der Waals surface area contributed by atoms with E-state index < -0.39 is 0 Å².